The van der Waals surface area contributed by atoms with Crippen LogP contribution in [0.3, 0.4) is 0 Å². The fourth-order valence-electron chi connectivity index (χ4n) is 2.91. The summed E-state index contributed by atoms with van der Waals surface area (Å²) in [7, 11) is 1.69. The topological polar surface area (TPSA) is 56.6 Å². The maximum absolute atomic E-state index is 4.60. The van der Waals surface area contributed by atoms with Crippen LogP contribution in [0.2, 0.25) is 0 Å². The Morgan fingerprint density at radius 3 is 2.81 bits per heavy atom. The highest BCUT2D eigenvalue weighted by molar-refractivity contribution is 5.79. The fourth-order valence-corrected chi connectivity index (χ4v) is 2.91. The zero-order valence-electron chi connectivity index (χ0n) is 13.0. The summed E-state index contributed by atoms with van der Waals surface area (Å²) in [6.45, 7) is 6.63. The third-order valence-electron chi connectivity index (χ3n) is 4.32. The fraction of sp³-hybridized carbons (Fsp3) is 0.562. The van der Waals surface area contributed by atoms with Crippen LogP contribution in [-0.2, 0) is 0 Å². The van der Waals surface area contributed by atoms with Crippen molar-refractivity contribution in [3.8, 4) is 0 Å². The normalized spacial score (nSPS) is 18.7. The molecule has 2 aromatic rings. The number of aromatic amines is 1. The van der Waals surface area contributed by atoms with Gasteiger partial charge in [0.15, 0.2) is 0 Å². The molecule has 1 aliphatic heterocycles. The molecule has 1 unspecified atom stereocenters. The van der Waals surface area contributed by atoms with E-state index in [1.165, 1.54) is 18.5 Å². The van der Waals surface area contributed by atoms with Crippen LogP contribution in [0.4, 0.5) is 5.69 Å². The van der Waals surface area contributed by atoms with E-state index in [4.69, 9.17) is 0 Å². The minimum Gasteiger partial charge on any atom is -0.371 e. The van der Waals surface area contributed by atoms with E-state index in [1.807, 2.05) is 6.92 Å². The number of piperidine rings is 1. The van der Waals surface area contributed by atoms with E-state index in [2.05, 4.69) is 50.2 Å². The molecule has 2 heterocycles. The third-order valence-corrected chi connectivity index (χ3v) is 4.32. The van der Waals surface area contributed by atoms with Crippen LogP contribution in [0.1, 0.15) is 38.6 Å². The maximum Gasteiger partial charge on any atom is 0.133 e. The summed E-state index contributed by atoms with van der Waals surface area (Å²) in [5, 5.41) is 7.97. The predicted octanol–water partition coefficient (Wildman–Crippen LogP) is 3.94. The SMILES string of the molecule is CN=NC(C)c1nc2ccc(N3CCC(C)CC3)cc2[nH]1. The first kappa shape index (κ1) is 14.0. The molecule has 5 heteroatoms. The van der Waals surface area contributed by atoms with Crippen LogP contribution in [-0.4, -0.2) is 30.1 Å². The molecule has 0 saturated carbocycles. The third kappa shape index (κ3) is 2.91. The van der Waals surface area contributed by atoms with Crippen molar-refractivity contribution in [2.45, 2.75) is 32.7 Å². The first-order valence-corrected chi connectivity index (χ1v) is 7.71. The number of nitrogens with one attached hydrogen (secondary N) is 1. The second-order valence-electron chi connectivity index (χ2n) is 5.98. The van der Waals surface area contributed by atoms with Gasteiger partial charge in [-0.15, -0.1) is 0 Å². The second-order valence-corrected chi connectivity index (χ2v) is 5.98. The first-order valence-electron chi connectivity index (χ1n) is 7.71. The predicted molar refractivity (Wildman–Crippen MR) is 85.9 cm³/mol. The van der Waals surface area contributed by atoms with Crippen LogP contribution in [0.5, 0.6) is 0 Å². The highest BCUT2D eigenvalue weighted by Gasteiger charge is 2.17. The lowest BCUT2D eigenvalue weighted by Gasteiger charge is -2.32. The smallest absolute Gasteiger partial charge is 0.133 e. The Labute approximate surface area is 125 Å². The number of aromatic nitrogens is 2. The molecule has 1 N–H and O–H groups in total. The minimum absolute atomic E-state index is 0.0262. The quantitative estimate of drug-likeness (QED) is 0.868. The van der Waals surface area contributed by atoms with Gasteiger partial charge in [0, 0.05) is 25.8 Å². The molecule has 0 amide bonds. The maximum atomic E-state index is 4.60. The molecule has 1 saturated heterocycles. The summed E-state index contributed by atoms with van der Waals surface area (Å²) >= 11 is 0. The zero-order chi connectivity index (χ0) is 14.8. The number of azo groups is 1. The molecule has 1 aromatic heterocycles. The number of nitrogens with zero attached hydrogens (tertiary/aromatic N) is 4. The number of rotatable bonds is 3. The van der Waals surface area contributed by atoms with Crippen LogP contribution >= 0.6 is 0 Å². The van der Waals surface area contributed by atoms with Crippen LogP contribution in [0.25, 0.3) is 11.0 Å². The first-order chi connectivity index (χ1) is 10.2. The van der Waals surface area contributed by atoms with Crippen molar-refractivity contribution in [2.24, 2.45) is 16.1 Å². The van der Waals surface area contributed by atoms with E-state index in [0.717, 1.165) is 35.9 Å². The Hall–Kier alpha value is -1.91. The summed E-state index contributed by atoms with van der Waals surface area (Å²) in [5.74, 6) is 1.73. The van der Waals surface area contributed by atoms with Crippen LogP contribution < -0.4 is 4.90 Å². The van der Waals surface area contributed by atoms with Crippen molar-refractivity contribution in [3.63, 3.8) is 0 Å². The number of fused-ring (bicyclic) bond motifs is 1. The molecule has 3 rings (SSSR count). The van der Waals surface area contributed by atoms with Gasteiger partial charge in [-0.3, -0.25) is 0 Å². The van der Waals surface area contributed by atoms with Crippen molar-refractivity contribution in [1.29, 1.82) is 0 Å². The largest absolute Gasteiger partial charge is 0.371 e. The molecular formula is C16H23N5. The molecule has 0 radical (unpaired) electrons. The van der Waals surface area contributed by atoms with Crippen molar-refractivity contribution in [3.05, 3.63) is 24.0 Å². The standard InChI is InChI=1S/C16H23N5/c1-11-6-8-21(9-7-11)13-4-5-14-15(10-13)19-16(18-14)12(2)20-17-3/h4-5,10-12H,6-9H2,1-3H3,(H,18,19). The molecule has 112 valence electrons. The lowest BCUT2D eigenvalue weighted by molar-refractivity contribution is 0.438. The summed E-state index contributed by atoms with van der Waals surface area (Å²) in [5.41, 5.74) is 3.37. The van der Waals surface area contributed by atoms with E-state index in [0.29, 0.717) is 0 Å². The molecule has 0 spiro atoms. The molecule has 1 aromatic carbocycles. The molecule has 0 bridgehead atoms. The van der Waals surface area contributed by atoms with Gasteiger partial charge in [-0.05, 0) is 43.9 Å². The summed E-state index contributed by atoms with van der Waals surface area (Å²) in [4.78, 5) is 10.4. The number of hydrogen-bond donors (Lipinski definition) is 1. The van der Waals surface area contributed by atoms with E-state index < -0.39 is 0 Å². The van der Waals surface area contributed by atoms with Gasteiger partial charge in [0.25, 0.3) is 0 Å². The zero-order valence-corrected chi connectivity index (χ0v) is 13.0. The van der Waals surface area contributed by atoms with Gasteiger partial charge in [-0.25, -0.2) is 4.98 Å². The van der Waals surface area contributed by atoms with Gasteiger partial charge in [-0.1, -0.05) is 6.92 Å². The molecule has 1 aliphatic rings. The van der Waals surface area contributed by atoms with Gasteiger partial charge >= 0.3 is 0 Å². The lowest BCUT2D eigenvalue weighted by atomic mass is 9.99. The van der Waals surface area contributed by atoms with Gasteiger partial charge in [0.05, 0.1) is 11.0 Å². The van der Waals surface area contributed by atoms with Crippen molar-refractivity contribution in [2.75, 3.05) is 25.0 Å². The Kier molecular flexibility index (Phi) is 3.90. The molecular weight excluding hydrogens is 262 g/mol. The Morgan fingerprint density at radius 2 is 2.10 bits per heavy atom. The Morgan fingerprint density at radius 1 is 1.33 bits per heavy atom. The summed E-state index contributed by atoms with van der Waals surface area (Å²) in [6.07, 6.45) is 2.56. The molecule has 1 atom stereocenters. The molecule has 1 fully saturated rings. The molecule has 21 heavy (non-hydrogen) atoms. The highest BCUT2D eigenvalue weighted by atomic mass is 15.1. The van der Waals surface area contributed by atoms with E-state index in [9.17, 15) is 0 Å². The Balaban J connectivity index is 1.86. The Bertz CT molecular complexity index is 637. The van der Waals surface area contributed by atoms with Crippen LogP contribution in [0.15, 0.2) is 28.4 Å². The molecule has 5 nitrogen and oxygen atoms in total. The van der Waals surface area contributed by atoms with Gasteiger partial charge in [0.2, 0.25) is 0 Å². The number of benzene rings is 1. The van der Waals surface area contributed by atoms with Crippen molar-refractivity contribution < 1.29 is 0 Å². The number of anilines is 1. The van der Waals surface area contributed by atoms with Gasteiger partial charge in [0.1, 0.15) is 11.9 Å². The molecule has 0 aliphatic carbocycles. The van der Waals surface area contributed by atoms with E-state index in [1.54, 1.807) is 7.05 Å². The summed E-state index contributed by atoms with van der Waals surface area (Å²) < 4.78 is 0. The van der Waals surface area contributed by atoms with Crippen molar-refractivity contribution in [1.82, 2.24) is 9.97 Å². The van der Waals surface area contributed by atoms with E-state index in [-0.39, 0.29) is 6.04 Å². The van der Waals surface area contributed by atoms with Gasteiger partial charge in [-0.2, -0.15) is 10.2 Å². The van der Waals surface area contributed by atoms with Crippen molar-refractivity contribution >= 4 is 16.7 Å². The second kappa shape index (κ2) is 5.84. The monoisotopic (exact) mass is 285 g/mol. The minimum atomic E-state index is -0.0262. The lowest BCUT2D eigenvalue weighted by Crippen LogP contribution is -2.32. The summed E-state index contributed by atoms with van der Waals surface area (Å²) in [6, 6.07) is 6.45. The van der Waals surface area contributed by atoms with E-state index >= 15 is 0 Å². The van der Waals surface area contributed by atoms with Crippen LogP contribution in [0, 0.1) is 5.92 Å². The van der Waals surface area contributed by atoms with Gasteiger partial charge < -0.3 is 9.88 Å². The number of H-pyrrole nitrogens is 1. The number of imidazole rings is 1. The number of hydrogen-bond acceptors (Lipinski definition) is 4. The highest BCUT2D eigenvalue weighted by Crippen LogP contribution is 2.27. The average Bonchev–Trinajstić information content (AvgIpc) is 2.91. The average molecular weight is 285 g/mol.